The number of carbonyl (C=O) groups excluding carboxylic acids is 1. The van der Waals surface area contributed by atoms with Crippen LogP contribution in [0.1, 0.15) is 47.2 Å². The maximum Gasteiger partial charge on any atom is 0.251 e. The Hall–Kier alpha value is -1.89. The van der Waals surface area contributed by atoms with Crippen molar-refractivity contribution in [1.82, 2.24) is 9.62 Å². The van der Waals surface area contributed by atoms with Gasteiger partial charge in [-0.25, -0.2) is 8.42 Å². The fraction of sp³-hybridized carbons (Fsp3) is 0.409. The highest BCUT2D eigenvalue weighted by molar-refractivity contribution is 7.89. The molecule has 0 radical (unpaired) electrons. The van der Waals surface area contributed by atoms with E-state index < -0.39 is 10.0 Å². The lowest BCUT2D eigenvalue weighted by atomic mass is 9.77. The predicted molar refractivity (Wildman–Crippen MR) is 114 cm³/mol. The molecular weight excluding hydrogens is 408 g/mol. The van der Waals surface area contributed by atoms with Gasteiger partial charge in [0.15, 0.2) is 0 Å². The highest BCUT2D eigenvalue weighted by Gasteiger charge is 2.31. The van der Waals surface area contributed by atoms with E-state index in [0.717, 1.165) is 19.3 Å². The van der Waals surface area contributed by atoms with Crippen LogP contribution in [0, 0.1) is 5.92 Å². The molecule has 1 aliphatic heterocycles. The first-order valence-electron chi connectivity index (χ1n) is 10.0. The third kappa shape index (κ3) is 4.06. The average Bonchev–Trinajstić information content (AvgIpc) is 2.68. The minimum absolute atomic E-state index is 0.00917. The molecule has 2 aromatic carbocycles. The van der Waals surface area contributed by atoms with E-state index in [1.54, 1.807) is 6.07 Å². The summed E-state index contributed by atoms with van der Waals surface area (Å²) >= 11 is 6.22. The number of benzene rings is 2. The van der Waals surface area contributed by atoms with Gasteiger partial charge in [-0.2, -0.15) is 4.31 Å². The van der Waals surface area contributed by atoms with E-state index in [4.69, 9.17) is 11.6 Å². The van der Waals surface area contributed by atoms with Gasteiger partial charge in [0.2, 0.25) is 10.0 Å². The molecule has 1 amide bonds. The third-order valence-electron chi connectivity index (χ3n) is 5.90. The Labute approximate surface area is 177 Å². The second kappa shape index (κ2) is 8.09. The number of hydrogen-bond donors (Lipinski definition) is 1. The lowest BCUT2D eigenvalue weighted by molar-refractivity contribution is 0.0950. The number of piperidine rings is 1. The van der Waals surface area contributed by atoms with Crippen LogP contribution in [0.15, 0.2) is 47.4 Å². The molecule has 5 nitrogen and oxygen atoms in total. The summed E-state index contributed by atoms with van der Waals surface area (Å²) in [6, 6.07) is 12.7. The van der Waals surface area contributed by atoms with Crippen LogP contribution >= 0.6 is 11.6 Å². The van der Waals surface area contributed by atoms with Crippen molar-refractivity contribution in [2.75, 3.05) is 19.6 Å². The number of fused-ring (bicyclic) bond motifs is 1. The topological polar surface area (TPSA) is 66.5 Å². The second-order valence-corrected chi connectivity index (χ2v) is 10.4. The van der Waals surface area contributed by atoms with Crippen LogP contribution in [-0.2, 0) is 16.4 Å². The van der Waals surface area contributed by atoms with E-state index in [1.165, 1.54) is 27.6 Å². The van der Waals surface area contributed by atoms with Gasteiger partial charge in [-0.05, 0) is 54.5 Å². The SMILES string of the molecule is CC1CCCN(S(=O)(=O)c2cc(C(=O)NCC3Cc4ccccc43)ccc2Cl)C1. The van der Waals surface area contributed by atoms with E-state index in [0.29, 0.717) is 37.0 Å². The van der Waals surface area contributed by atoms with Crippen molar-refractivity contribution in [2.24, 2.45) is 5.92 Å². The van der Waals surface area contributed by atoms with Gasteiger partial charge in [0, 0.05) is 31.1 Å². The molecule has 1 N–H and O–H groups in total. The van der Waals surface area contributed by atoms with Gasteiger partial charge in [-0.15, -0.1) is 0 Å². The molecule has 1 heterocycles. The largest absolute Gasteiger partial charge is 0.351 e. The highest BCUT2D eigenvalue weighted by Crippen LogP contribution is 2.34. The second-order valence-electron chi connectivity index (χ2n) is 8.07. The fourth-order valence-corrected chi connectivity index (χ4v) is 6.31. The number of rotatable bonds is 5. The van der Waals surface area contributed by atoms with Crippen LogP contribution in [-0.4, -0.2) is 38.3 Å². The van der Waals surface area contributed by atoms with Crippen LogP contribution in [0.3, 0.4) is 0 Å². The summed E-state index contributed by atoms with van der Waals surface area (Å²) < 4.78 is 27.7. The number of amides is 1. The van der Waals surface area contributed by atoms with Gasteiger partial charge in [0.25, 0.3) is 5.91 Å². The molecule has 2 unspecified atom stereocenters. The van der Waals surface area contributed by atoms with Crippen LogP contribution in [0.5, 0.6) is 0 Å². The zero-order chi connectivity index (χ0) is 20.6. The van der Waals surface area contributed by atoms with Crippen molar-refractivity contribution in [3.8, 4) is 0 Å². The smallest absolute Gasteiger partial charge is 0.251 e. The summed E-state index contributed by atoms with van der Waals surface area (Å²) in [5.41, 5.74) is 2.90. The molecule has 29 heavy (non-hydrogen) atoms. The molecular formula is C22H25ClN2O3S. The van der Waals surface area contributed by atoms with Crippen molar-refractivity contribution in [3.63, 3.8) is 0 Å². The van der Waals surface area contributed by atoms with Crippen molar-refractivity contribution in [3.05, 3.63) is 64.2 Å². The van der Waals surface area contributed by atoms with Crippen molar-refractivity contribution in [2.45, 2.75) is 37.0 Å². The summed E-state index contributed by atoms with van der Waals surface area (Å²) in [4.78, 5) is 12.7. The Balaban J connectivity index is 1.48. The molecule has 2 aromatic rings. The van der Waals surface area contributed by atoms with Gasteiger partial charge in [-0.1, -0.05) is 42.8 Å². The molecule has 0 spiro atoms. The predicted octanol–water partition coefficient (Wildman–Crippen LogP) is 3.83. The molecule has 1 aliphatic carbocycles. The Morgan fingerprint density at radius 2 is 2.03 bits per heavy atom. The number of nitrogens with one attached hydrogen (secondary N) is 1. The summed E-state index contributed by atoms with van der Waals surface area (Å²) in [6.07, 6.45) is 2.80. The molecule has 1 fully saturated rings. The van der Waals surface area contributed by atoms with Crippen LogP contribution < -0.4 is 5.32 Å². The Morgan fingerprint density at radius 1 is 1.24 bits per heavy atom. The minimum Gasteiger partial charge on any atom is -0.351 e. The van der Waals surface area contributed by atoms with Gasteiger partial charge < -0.3 is 5.32 Å². The van der Waals surface area contributed by atoms with Crippen LogP contribution in [0.2, 0.25) is 5.02 Å². The molecule has 1 saturated heterocycles. The maximum absolute atomic E-state index is 13.1. The highest BCUT2D eigenvalue weighted by atomic mass is 35.5. The molecule has 0 saturated carbocycles. The summed E-state index contributed by atoms with van der Waals surface area (Å²) in [5, 5.41) is 3.08. The van der Waals surface area contributed by atoms with Gasteiger partial charge >= 0.3 is 0 Å². The van der Waals surface area contributed by atoms with Crippen molar-refractivity contribution < 1.29 is 13.2 Å². The Morgan fingerprint density at radius 3 is 2.79 bits per heavy atom. The lowest BCUT2D eigenvalue weighted by Gasteiger charge is -2.30. The number of hydrogen-bond acceptors (Lipinski definition) is 3. The molecule has 154 valence electrons. The first-order valence-corrected chi connectivity index (χ1v) is 11.8. The molecule has 2 atom stereocenters. The average molecular weight is 433 g/mol. The summed E-state index contributed by atoms with van der Waals surface area (Å²) in [6.45, 7) is 3.55. The van der Waals surface area contributed by atoms with Crippen LogP contribution in [0.4, 0.5) is 0 Å². The number of carbonyl (C=O) groups is 1. The fourth-order valence-electron chi connectivity index (χ4n) is 4.21. The zero-order valence-corrected chi connectivity index (χ0v) is 18.0. The molecule has 0 aromatic heterocycles. The van der Waals surface area contributed by atoms with Gasteiger partial charge in [-0.3, -0.25) is 4.79 Å². The number of halogens is 1. The molecule has 2 aliphatic rings. The normalized spacial score (nSPS) is 21.9. The van der Waals surface area contributed by atoms with E-state index >= 15 is 0 Å². The number of sulfonamides is 1. The van der Waals surface area contributed by atoms with E-state index in [1.807, 2.05) is 19.1 Å². The van der Waals surface area contributed by atoms with Gasteiger partial charge in [0.05, 0.1) is 5.02 Å². The lowest BCUT2D eigenvalue weighted by Crippen LogP contribution is -2.39. The van der Waals surface area contributed by atoms with E-state index in [-0.39, 0.29) is 15.8 Å². The van der Waals surface area contributed by atoms with E-state index in [9.17, 15) is 13.2 Å². The summed E-state index contributed by atoms with van der Waals surface area (Å²) in [5.74, 6) is 0.337. The first-order chi connectivity index (χ1) is 13.9. The van der Waals surface area contributed by atoms with Crippen LogP contribution in [0.25, 0.3) is 0 Å². The zero-order valence-electron chi connectivity index (χ0n) is 16.4. The Kier molecular flexibility index (Phi) is 5.69. The molecule has 0 bridgehead atoms. The Bertz CT molecular complexity index is 1040. The first kappa shape index (κ1) is 20.4. The van der Waals surface area contributed by atoms with E-state index in [2.05, 4.69) is 17.4 Å². The standard InChI is InChI=1S/C22H25ClN2O3S/c1-15-5-4-10-25(14-15)29(27,28)21-12-17(8-9-20(21)23)22(26)24-13-18-11-16-6-2-3-7-19(16)18/h2-3,6-9,12,15,18H,4-5,10-11,13-14H2,1H3,(H,24,26). The van der Waals surface area contributed by atoms with Gasteiger partial charge in [0.1, 0.15) is 4.90 Å². The minimum atomic E-state index is -3.73. The van der Waals surface area contributed by atoms with Crippen molar-refractivity contribution >= 4 is 27.5 Å². The monoisotopic (exact) mass is 432 g/mol. The maximum atomic E-state index is 13.1. The quantitative estimate of drug-likeness (QED) is 0.780. The summed E-state index contributed by atoms with van der Waals surface area (Å²) in [7, 11) is -3.73. The number of nitrogens with zero attached hydrogens (tertiary/aromatic N) is 1. The molecule has 7 heteroatoms. The third-order valence-corrected chi connectivity index (χ3v) is 8.25. The van der Waals surface area contributed by atoms with Crippen molar-refractivity contribution in [1.29, 1.82) is 0 Å². The molecule has 4 rings (SSSR count).